The summed E-state index contributed by atoms with van der Waals surface area (Å²) in [5.74, 6) is -0.331. The number of halogens is 3. The highest BCUT2D eigenvalue weighted by molar-refractivity contribution is 6.17. The number of anilines is 2. The van der Waals surface area contributed by atoms with Crippen LogP contribution >= 0.6 is 0 Å². The summed E-state index contributed by atoms with van der Waals surface area (Å²) in [4.78, 5) is 25.3. The zero-order valence-corrected chi connectivity index (χ0v) is 14.4. The van der Waals surface area contributed by atoms with Gasteiger partial charge in [0.05, 0.1) is 11.3 Å². The van der Waals surface area contributed by atoms with Gasteiger partial charge in [-0.15, -0.1) is 0 Å². The van der Waals surface area contributed by atoms with Gasteiger partial charge in [-0.2, -0.15) is 13.2 Å². The van der Waals surface area contributed by atoms with Crippen LogP contribution in [0.2, 0.25) is 0 Å². The summed E-state index contributed by atoms with van der Waals surface area (Å²) in [5, 5.41) is 4.89. The summed E-state index contributed by atoms with van der Waals surface area (Å²) >= 11 is 0. The maximum absolute atomic E-state index is 13.1. The Labute approximate surface area is 157 Å². The number of amides is 2. The molecule has 0 radical (unpaired) electrons. The highest BCUT2D eigenvalue weighted by atomic mass is 19.4. The number of alkyl halides is 3. The van der Waals surface area contributed by atoms with Crippen molar-refractivity contribution >= 4 is 23.2 Å². The lowest BCUT2D eigenvalue weighted by Gasteiger charge is -2.18. The fourth-order valence-electron chi connectivity index (χ4n) is 2.99. The number of fused-ring (bicyclic) bond motifs is 1. The highest BCUT2D eigenvalue weighted by Gasteiger charge is 2.56. The van der Waals surface area contributed by atoms with Crippen LogP contribution in [0.5, 0.6) is 11.5 Å². The van der Waals surface area contributed by atoms with E-state index in [1.807, 2.05) is 0 Å². The van der Waals surface area contributed by atoms with E-state index in [9.17, 15) is 22.8 Å². The zero-order valence-electron chi connectivity index (χ0n) is 14.4. The normalized spacial score (nSPS) is 16.4. The molecule has 2 N–H and O–H groups in total. The second-order valence-electron chi connectivity index (χ2n) is 6.60. The lowest BCUT2D eigenvalue weighted by Crippen LogP contribution is -2.36. The van der Waals surface area contributed by atoms with Crippen molar-refractivity contribution in [3.63, 3.8) is 0 Å². The van der Waals surface area contributed by atoms with Crippen LogP contribution in [0.1, 0.15) is 18.4 Å². The fourth-order valence-corrected chi connectivity index (χ4v) is 2.99. The van der Waals surface area contributed by atoms with Crippen molar-refractivity contribution in [3.8, 4) is 11.5 Å². The molecule has 0 saturated heterocycles. The van der Waals surface area contributed by atoms with Gasteiger partial charge in [0, 0.05) is 11.8 Å². The number of carbonyl (C=O) groups is 2. The lowest BCUT2D eigenvalue weighted by atomic mass is 10.0. The predicted octanol–water partition coefficient (Wildman–Crippen LogP) is 3.79. The van der Waals surface area contributed by atoms with Gasteiger partial charge in [-0.25, -0.2) is 0 Å². The first-order valence-corrected chi connectivity index (χ1v) is 8.48. The Morgan fingerprint density at radius 1 is 0.929 bits per heavy atom. The molecule has 1 heterocycles. The summed E-state index contributed by atoms with van der Waals surface area (Å²) < 4.78 is 49.8. The van der Waals surface area contributed by atoms with Crippen molar-refractivity contribution in [2.24, 2.45) is 5.41 Å². The molecule has 1 fully saturated rings. The van der Waals surface area contributed by atoms with Crippen LogP contribution in [0, 0.1) is 5.41 Å². The van der Waals surface area contributed by atoms with E-state index < -0.39 is 29.0 Å². The molecule has 0 aromatic heterocycles. The molecule has 146 valence electrons. The van der Waals surface area contributed by atoms with E-state index in [1.165, 1.54) is 12.1 Å². The average molecular weight is 392 g/mol. The number of rotatable bonds is 4. The van der Waals surface area contributed by atoms with Crippen molar-refractivity contribution in [1.82, 2.24) is 0 Å². The minimum Gasteiger partial charge on any atom is -0.454 e. The monoisotopic (exact) mass is 392 g/mol. The van der Waals surface area contributed by atoms with Gasteiger partial charge in [-0.1, -0.05) is 12.1 Å². The summed E-state index contributed by atoms with van der Waals surface area (Å²) in [5.41, 5.74) is -2.32. The van der Waals surface area contributed by atoms with Crippen LogP contribution in [0.4, 0.5) is 24.5 Å². The number of nitrogens with one attached hydrogen (secondary N) is 2. The number of hydrogen-bond acceptors (Lipinski definition) is 4. The van der Waals surface area contributed by atoms with Crippen molar-refractivity contribution < 1.29 is 32.2 Å². The van der Waals surface area contributed by atoms with Crippen molar-refractivity contribution in [1.29, 1.82) is 0 Å². The molecule has 4 rings (SSSR count). The molecule has 2 aromatic rings. The Bertz CT molecular complexity index is 954. The van der Waals surface area contributed by atoms with Gasteiger partial charge in [0.25, 0.3) is 0 Å². The molecule has 0 spiro atoms. The van der Waals surface area contributed by atoms with Crippen molar-refractivity contribution in [2.75, 3.05) is 17.4 Å². The molecule has 1 aliphatic carbocycles. The van der Waals surface area contributed by atoms with Crippen molar-refractivity contribution in [3.05, 3.63) is 48.0 Å². The topological polar surface area (TPSA) is 76.7 Å². The minimum atomic E-state index is -4.62. The third-order valence-corrected chi connectivity index (χ3v) is 4.73. The Balaban J connectivity index is 1.50. The van der Waals surface area contributed by atoms with E-state index in [4.69, 9.17) is 9.47 Å². The summed E-state index contributed by atoms with van der Waals surface area (Å²) in [6.07, 6.45) is -4.11. The summed E-state index contributed by atoms with van der Waals surface area (Å²) in [6, 6.07) is 9.44. The Morgan fingerprint density at radius 2 is 1.61 bits per heavy atom. The lowest BCUT2D eigenvalue weighted by molar-refractivity contribution is -0.137. The molecule has 0 bridgehead atoms. The van der Waals surface area contributed by atoms with E-state index in [0.717, 1.165) is 12.1 Å². The van der Waals surface area contributed by atoms with E-state index in [2.05, 4.69) is 10.6 Å². The van der Waals surface area contributed by atoms with Gasteiger partial charge >= 0.3 is 6.18 Å². The molecule has 1 saturated carbocycles. The van der Waals surface area contributed by atoms with Gasteiger partial charge in [0.1, 0.15) is 5.41 Å². The molecule has 0 atom stereocenters. The second-order valence-corrected chi connectivity index (χ2v) is 6.60. The third kappa shape index (κ3) is 3.23. The van der Waals surface area contributed by atoms with E-state index in [1.54, 1.807) is 18.2 Å². The molecular formula is C19H15F3N2O4. The first-order valence-electron chi connectivity index (χ1n) is 8.48. The maximum atomic E-state index is 13.1. The number of carbonyl (C=O) groups excluding carboxylic acids is 2. The van der Waals surface area contributed by atoms with Crippen LogP contribution in [0.3, 0.4) is 0 Å². The van der Waals surface area contributed by atoms with Crippen LogP contribution in [-0.2, 0) is 15.8 Å². The van der Waals surface area contributed by atoms with Gasteiger partial charge in [0.2, 0.25) is 18.6 Å². The van der Waals surface area contributed by atoms with Gasteiger partial charge in [-0.3, -0.25) is 9.59 Å². The van der Waals surface area contributed by atoms with E-state index >= 15 is 0 Å². The second kappa shape index (κ2) is 6.43. The minimum absolute atomic E-state index is 0.0810. The SMILES string of the molecule is O=C(Nc1ccc2c(c1)OCO2)C1(C(=O)Nc2ccccc2C(F)(F)F)CC1. The molecule has 2 amide bonds. The fraction of sp³-hybridized carbons (Fsp3) is 0.263. The summed E-state index contributed by atoms with van der Waals surface area (Å²) in [7, 11) is 0. The quantitative estimate of drug-likeness (QED) is 0.777. The van der Waals surface area contributed by atoms with Crippen LogP contribution in [0.25, 0.3) is 0 Å². The predicted molar refractivity (Wildman–Crippen MR) is 92.9 cm³/mol. The van der Waals surface area contributed by atoms with Crippen LogP contribution < -0.4 is 20.1 Å². The van der Waals surface area contributed by atoms with E-state index in [-0.39, 0.29) is 25.3 Å². The number of hydrogen-bond donors (Lipinski definition) is 2. The molecule has 2 aliphatic rings. The number of para-hydroxylation sites is 1. The molecule has 0 unspecified atom stereocenters. The summed E-state index contributed by atoms with van der Waals surface area (Å²) in [6.45, 7) is 0.0810. The van der Waals surface area contributed by atoms with Gasteiger partial charge in [0.15, 0.2) is 11.5 Å². The molecule has 1 aliphatic heterocycles. The smallest absolute Gasteiger partial charge is 0.418 e. The molecule has 28 heavy (non-hydrogen) atoms. The molecule has 2 aromatic carbocycles. The van der Waals surface area contributed by atoms with Crippen molar-refractivity contribution in [2.45, 2.75) is 19.0 Å². The molecule has 9 heteroatoms. The maximum Gasteiger partial charge on any atom is 0.418 e. The third-order valence-electron chi connectivity index (χ3n) is 4.73. The first-order chi connectivity index (χ1) is 13.3. The van der Waals surface area contributed by atoms with Gasteiger partial charge < -0.3 is 20.1 Å². The first kappa shape index (κ1) is 18.1. The largest absolute Gasteiger partial charge is 0.454 e. The van der Waals surface area contributed by atoms with E-state index in [0.29, 0.717) is 17.2 Å². The van der Waals surface area contributed by atoms with Crippen LogP contribution in [-0.4, -0.2) is 18.6 Å². The van der Waals surface area contributed by atoms with Gasteiger partial charge in [-0.05, 0) is 37.1 Å². The Hall–Kier alpha value is -3.23. The Kier molecular flexibility index (Phi) is 4.17. The standard InChI is InChI=1S/C19H15F3N2O4/c20-19(21,22)12-3-1-2-4-13(12)24-17(26)18(7-8-18)16(25)23-11-5-6-14-15(9-11)28-10-27-14/h1-6,9H,7-8,10H2,(H,23,25)(H,24,26). The number of ether oxygens (including phenoxy) is 2. The Morgan fingerprint density at radius 3 is 2.32 bits per heavy atom. The van der Waals surface area contributed by atoms with Crippen LogP contribution in [0.15, 0.2) is 42.5 Å². The average Bonchev–Trinajstić information content (AvgIpc) is 3.34. The highest BCUT2D eigenvalue weighted by Crippen LogP contribution is 2.48. The molecule has 6 nitrogen and oxygen atoms in total. The molecular weight excluding hydrogens is 377 g/mol. The number of benzene rings is 2. The zero-order chi connectivity index (χ0) is 19.9.